The Kier molecular flexibility index (Phi) is 5.17. The zero-order valence-electron chi connectivity index (χ0n) is 12.0. The number of benzene rings is 1. The lowest BCUT2D eigenvalue weighted by Crippen LogP contribution is -2.54. The lowest BCUT2D eigenvalue weighted by Gasteiger charge is -2.34. The number of nitrogens with one attached hydrogen (secondary N) is 1. The van der Waals surface area contributed by atoms with Crippen LogP contribution in [0.25, 0.3) is 0 Å². The van der Waals surface area contributed by atoms with Crippen molar-refractivity contribution in [1.82, 2.24) is 4.90 Å². The molecule has 0 aliphatic rings. The van der Waals surface area contributed by atoms with Crippen LogP contribution in [0.3, 0.4) is 0 Å². The number of amides is 2. The van der Waals surface area contributed by atoms with E-state index in [1.807, 2.05) is 6.07 Å². The molecule has 0 saturated heterocycles. The van der Waals surface area contributed by atoms with Crippen LogP contribution in [0, 0.1) is 11.3 Å². The quantitative estimate of drug-likeness (QED) is 0.894. The fourth-order valence-electron chi connectivity index (χ4n) is 1.78. The fraction of sp³-hybridized carbons (Fsp3) is 0.357. The molecular formula is C14H16ClN3O3. The molecule has 0 aliphatic heterocycles. The second kappa shape index (κ2) is 6.46. The van der Waals surface area contributed by atoms with E-state index >= 15 is 0 Å². The molecule has 2 N–H and O–H groups in total. The molecule has 0 spiro atoms. The average molecular weight is 310 g/mol. The Bertz CT molecular complexity index is 608. The second-order valence-corrected chi connectivity index (χ2v) is 5.25. The summed E-state index contributed by atoms with van der Waals surface area (Å²) in [7, 11) is 0. The highest BCUT2D eigenvalue weighted by Gasteiger charge is 2.37. The molecule has 0 atom stereocenters. The van der Waals surface area contributed by atoms with Crippen molar-refractivity contribution < 1.29 is 14.7 Å². The molecular weight excluding hydrogens is 294 g/mol. The Balaban J connectivity index is 2.99. The smallest absolute Gasteiger partial charge is 0.329 e. The van der Waals surface area contributed by atoms with E-state index in [2.05, 4.69) is 5.32 Å². The van der Waals surface area contributed by atoms with Crippen molar-refractivity contribution in [2.75, 3.05) is 11.9 Å². The van der Waals surface area contributed by atoms with Crippen LogP contribution in [0.5, 0.6) is 0 Å². The number of hydrogen-bond acceptors (Lipinski definition) is 3. The van der Waals surface area contributed by atoms with Crippen LogP contribution in [0.2, 0.25) is 5.02 Å². The number of nitrogens with zero attached hydrogens (tertiary/aromatic N) is 2. The fourth-order valence-corrected chi connectivity index (χ4v) is 2.00. The van der Waals surface area contributed by atoms with Gasteiger partial charge in [-0.3, -0.25) is 0 Å². The molecule has 0 heterocycles. The van der Waals surface area contributed by atoms with E-state index in [0.717, 1.165) is 0 Å². The van der Waals surface area contributed by atoms with Gasteiger partial charge in [0.15, 0.2) is 0 Å². The highest BCUT2D eigenvalue weighted by atomic mass is 35.5. The Morgan fingerprint density at radius 1 is 1.48 bits per heavy atom. The van der Waals surface area contributed by atoms with Gasteiger partial charge in [-0.05, 0) is 39.0 Å². The van der Waals surface area contributed by atoms with Gasteiger partial charge in [0.05, 0.1) is 22.3 Å². The molecule has 0 fully saturated rings. The van der Waals surface area contributed by atoms with Crippen LogP contribution >= 0.6 is 11.6 Å². The zero-order chi connectivity index (χ0) is 16.2. The number of aliphatic carboxylic acids is 1. The van der Waals surface area contributed by atoms with Crippen molar-refractivity contribution in [2.45, 2.75) is 26.3 Å². The lowest BCUT2D eigenvalue weighted by atomic mass is 10.0. The van der Waals surface area contributed by atoms with E-state index in [9.17, 15) is 14.7 Å². The minimum absolute atomic E-state index is 0.214. The van der Waals surface area contributed by atoms with Crippen molar-refractivity contribution >= 4 is 29.3 Å². The van der Waals surface area contributed by atoms with Crippen molar-refractivity contribution in [3.63, 3.8) is 0 Å². The number of rotatable bonds is 4. The molecule has 2 amide bonds. The van der Waals surface area contributed by atoms with E-state index < -0.39 is 17.5 Å². The van der Waals surface area contributed by atoms with Gasteiger partial charge in [-0.25, -0.2) is 9.59 Å². The first kappa shape index (κ1) is 16.8. The third-order valence-electron chi connectivity index (χ3n) is 3.10. The van der Waals surface area contributed by atoms with Gasteiger partial charge >= 0.3 is 12.0 Å². The molecule has 1 rings (SSSR count). The number of nitriles is 1. The minimum atomic E-state index is -1.35. The van der Waals surface area contributed by atoms with E-state index in [4.69, 9.17) is 16.9 Å². The van der Waals surface area contributed by atoms with Gasteiger partial charge in [0, 0.05) is 6.54 Å². The third kappa shape index (κ3) is 3.64. The number of urea groups is 1. The van der Waals surface area contributed by atoms with Crippen molar-refractivity contribution in [2.24, 2.45) is 0 Å². The summed E-state index contributed by atoms with van der Waals surface area (Å²) in [5.41, 5.74) is -0.658. The summed E-state index contributed by atoms with van der Waals surface area (Å²) in [6.45, 7) is 4.79. The Morgan fingerprint density at radius 3 is 2.52 bits per heavy atom. The van der Waals surface area contributed by atoms with Crippen molar-refractivity contribution in [3.8, 4) is 6.07 Å². The molecule has 112 valence electrons. The maximum absolute atomic E-state index is 12.2. The summed E-state index contributed by atoms with van der Waals surface area (Å²) in [5, 5.41) is 20.7. The Morgan fingerprint density at radius 2 is 2.10 bits per heavy atom. The minimum Gasteiger partial charge on any atom is -0.480 e. The summed E-state index contributed by atoms with van der Waals surface area (Å²) >= 11 is 5.98. The molecule has 0 radical (unpaired) electrons. The number of carboxylic acid groups (broad SMARTS) is 1. The van der Waals surface area contributed by atoms with Gasteiger partial charge < -0.3 is 15.3 Å². The van der Waals surface area contributed by atoms with Crippen molar-refractivity contribution in [1.29, 1.82) is 5.26 Å². The van der Waals surface area contributed by atoms with Crippen LogP contribution < -0.4 is 5.32 Å². The number of halogens is 1. The van der Waals surface area contributed by atoms with Crippen LogP contribution in [0.1, 0.15) is 26.3 Å². The summed E-state index contributed by atoms with van der Waals surface area (Å²) in [4.78, 5) is 24.7. The van der Waals surface area contributed by atoms with Crippen LogP contribution in [-0.2, 0) is 4.79 Å². The summed E-state index contributed by atoms with van der Waals surface area (Å²) in [6.07, 6.45) is 0. The third-order valence-corrected chi connectivity index (χ3v) is 3.41. The predicted molar refractivity (Wildman–Crippen MR) is 79.3 cm³/mol. The lowest BCUT2D eigenvalue weighted by molar-refractivity contribution is -0.147. The average Bonchev–Trinajstić information content (AvgIpc) is 2.41. The SMILES string of the molecule is CCN(C(=O)Nc1ccc(C#N)cc1Cl)C(C)(C)C(=O)O. The standard InChI is InChI=1S/C14H16ClN3O3/c1-4-18(14(2,3)12(19)20)13(21)17-11-6-5-9(8-16)7-10(11)15/h5-7H,4H2,1-3H3,(H,17,21)(H,19,20). The summed E-state index contributed by atoms with van der Waals surface area (Å²) in [6, 6.07) is 5.80. The molecule has 21 heavy (non-hydrogen) atoms. The van der Waals surface area contributed by atoms with Gasteiger partial charge in [-0.1, -0.05) is 11.6 Å². The van der Waals surface area contributed by atoms with E-state index in [1.54, 1.807) is 6.92 Å². The molecule has 7 heteroatoms. The number of anilines is 1. The maximum Gasteiger partial charge on any atom is 0.329 e. The highest BCUT2D eigenvalue weighted by molar-refractivity contribution is 6.33. The first-order valence-electron chi connectivity index (χ1n) is 6.25. The summed E-state index contributed by atoms with van der Waals surface area (Å²) < 4.78 is 0. The van der Waals surface area contributed by atoms with Gasteiger partial charge in [-0.2, -0.15) is 5.26 Å². The van der Waals surface area contributed by atoms with Gasteiger partial charge in [-0.15, -0.1) is 0 Å². The Labute approximate surface area is 127 Å². The largest absolute Gasteiger partial charge is 0.480 e. The second-order valence-electron chi connectivity index (χ2n) is 4.85. The summed E-state index contributed by atoms with van der Waals surface area (Å²) in [5.74, 6) is -1.11. The highest BCUT2D eigenvalue weighted by Crippen LogP contribution is 2.24. The first-order valence-corrected chi connectivity index (χ1v) is 6.63. The van der Waals surface area contributed by atoms with Crippen LogP contribution in [0.4, 0.5) is 10.5 Å². The molecule has 1 aromatic carbocycles. The van der Waals surface area contributed by atoms with E-state index in [0.29, 0.717) is 11.3 Å². The maximum atomic E-state index is 12.2. The van der Waals surface area contributed by atoms with Crippen LogP contribution in [-0.4, -0.2) is 34.1 Å². The van der Waals surface area contributed by atoms with E-state index in [-0.39, 0.29) is 11.6 Å². The van der Waals surface area contributed by atoms with Gasteiger partial charge in [0.25, 0.3) is 0 Å². The van der Waals surface area contributed by atoms with Crippen LogP contribution in [0.15, 0.2) is 18.2 Å². The molecule has 6 nitrogen and oxygen atoms in total. The zero-order valence-corrected chi connectivity index (χ0v) is 12.7. The molecule has 0 aliphatic carbocycles. The molecule has 0 unspecified atom stereocenters. The number of carbonyl (C=O) groups is 2. The molecule has 0 bridgehead atoms. The first-order chi connectivity index (χ1) is 9.73. The monoisotopic (exact) mass is 309 g/mol. The van der Waals surface area contributed by atoms with E-state index in [1.165, 1.54) is 36.9 Å². The normalized spacial score (nSPS) is 10.6. The topological polar surface area (TPSA) is 93.4 Å². The molecule has 0 saturated carbocycles. The number of carbonyl (C=O) groups excluding carboxylic acids is 1. The number of hydrogen-bond donors (Lipinski definition) is 2. The number of carboxylic acids is 1. The van der Waals surface area contributed by atoms with Crippen molar-refractivity contribution in [3.05, 3.63) is 28.8 Å². The van der Waals surface area contributed by atoms with Gasteiger partial charge in [0.2, 0.25) is 0 Å². The molecule has 0 aromatic heterocycles. The predicted octanol–water partition coefficient (Wildman–Crippen LogP) is 2.93. The number of likely N-dealkylation sites (N-methyl/N-ethyl adjacent to an activating group) is 1. The van der Waals surface area contributed by atoms with Gasteiger partial charge in [0.1, 0.15) is 5.54 Å². The molecule has 1 aromatic rings. The Hall–Kier alpha value is -2.26.